The van der Waals surface area contributed by atoms with Crippen LogP contribution >= 0.6 is 11.8 Å². The fraction of sp³-hybridized carbons (Fsp3) is 0.733. The molecule has 0 fully saturated rings. The molecule has 0 bridgehead atoms. The molecule has 0 radical (unpaired) electrons. The monoisotopic (exact) mass is 264 g/mol. The van der Waals surface area contributed by atoms with Gasteiger partial charge in [-0.05, 0) is 12.2 Å². The molecule has 2 heterocycles. The van der Waals surface area contributed by atoms with E-state index in [4.69, 9.17) is 9.97 Å². The van der Waals surface area contributed by atoms with E-state index in [0.717, 1.165) is 18.0 Å². The van der Waals surface area contributed by atoms with Crippen molar-refractivity contribution in [1.29, 1.82) is 0 Å². The summed E-state index contributed by atoms with van der Waals surface area (Å²) in [6.45, 7) is 13.3. The van der Waals surface area contributed by atoms with Crippen LogP contribution in [0.4, 0.5) is 0 Å². The van der Waals surface area contributed by atoms with Crippen molar-refractivity contribution in [3.8, 4) is 0 Å². The maximum atomic E-state index is 4.90. The molecule has 3 heteroatoms. The van der Waals surface area contributed by atoms with Crippen LogP contribution in [-0.2, 0) is 23.0 Å². The molecule has 0 aliphatic carbocycles. The highest BCUT2D eigenvalue weighted by Crippen LogP contribution is 2.34. The van der Waals surface area contributed by atoms with Gasteiger partial charge in [-0.15, -0.1) is 0 Å². The molecule has 1 aliphatic rings. The number of rotatable bonds is 0. The van der Waals surface area contributed by atoms with Gasteiger partial charge >= 0.3 is 0 Å². The average Bonchev–Trinajstić information content (AvgIpc) is 2.25. The van der Waals surface area contributed by atoms with Crippen LogP contribution in [0.3, 0.4) is 0 Å². The summed E-state index contributed by atoms with van der Waals surface area (Å²) in [5, 5.41) is 0. The summed E-state index contributed by atoms with van der Waals surface area (Å²) in [6.07, 6.45) is 1.09. The smallest absolute Gasteiger partial charge is 0.134 e. The quantitative estimate of drug-likeness (QED) is 0.711. The third-order valence-corrected chi connectivity index (χ3v) is 4.19. The van der Waals surface area contributed by atoms with Crippen molar-refractivity contribution in [2.45, 2.75) is 64.5 Å². The standard InChI is InChI=1S/C15H24N2S/c1-14(2,3)12-10-9-18-8-7-11(10)16-13(17-12)15(4,5)6/h7-9H2,1-6H3. The lowest BCUT2D eigenvalue weighted by molar-refractivity contribution is 0.505. The van der Waals surface area contributed by atoms with E-state index in [-0.39, 0.29) is 10.8 Å². The van der Waals surface area contributed by atoms with Crippen LogP contribution in [0.5, 0.6) is 0 Å². The summed E-state index contributed by atoms with van der Waals surface area (Å²) in [6, 6.07) is 0. The van der Waals surface area contributed by atoms with Crippen molar-refractivity contribution < 1.29 is 0 Å². The van der Waals surface area contributed by atoms with Crippen LogP contribution < -0.4 is 0 Å². The van der Waals surface area contributed by atoms with Gasteiger partial charge in [-0.3, -0.25) is 0 Å². The van der Waals surface area contributed by atoms with Crippen molar-refractivity contribution in [3.05, 3.63) is 22.8 Å². The van der Waals surface area contributed by atoms with Gasteiger partial charge in [-0.1, -0.05) is 41.5 Å². The summed E-state index contributed by atoms with van der Waals surface area (Å²) < 4.78 is 0. The Morgan fingerprint density at radius 1 is 0.944 bits per heavy atom. The lowest BCUT2D eigenvalue weighted by atomic mass is 9.86. The Balaban J connectivity index is 2.63. The number of aryl methyl sites for hydroxylation is 1. The molecule has 0 unspecified atom stereocenters. The Bertz CT molecular complexity index is 453. The van der Waals surface area contributed by atoms with E-state index >= 15 is 0 Å². The maximum Gasteiger partial charge on any atom is 0.134 e. The first kappa shape index (κ1) is 13.9. The molecule has 0 spiro atoms. The lowest BCUT2D eigenvalue weighted by Gasteiger charge is -2.29. The zero-order valence-corrected chi connectivity index (χ0v) is 13.2. The molecule has 1 aliphatic heterocycles. The molecule has 2 rings (SSSR count). The largest absolute Gasteiger partial charge is 0.237 e. The van der Waals surface area contributed by atoms with Crippen molar-refractivity contribution in [2.24, 2.45) is 0 Å². The second-order valence-electron chi connectivity index (χ2n) is 7.12. The number of thioether (sulfide) groups is 1. The van der Waals surface area contributed by atoms with Gasteiger partial charge in [-0.25, -0.2) is 9.97 Å². The van der Waals surface area contributed by atoms with E-state index < -0.39 is 0 Å². The Kier molecular flexibility index (Phi) is 3.48. The zero-order chi connectivity index (χ0) is 13.6. The van der Waals surface area contributed by atoms with Crippen molar-refractivity contribution >= 4 is 11.8 Å². The highest BCUT2D eigenvalue weighted by atomic mass is 32.2. The first-order chi connectivity index (χ1) is 8.19. The lowest BCUT2D eigenvalue weighted by Crippen LogP contribution is -2.26. The van der Waals surface area contributed by atoms with Crippen molar-refractivity contribution in [3.63, 3.8) is 0 Å². The molecule has 18 heavy (non-hydrogen) atoms. The van der Waals surface area contributed by atoms with Gasteiger partial charge in [-0.2, -0.15) is 11.8 Å². The molecule has 0 N–H and O–H groups in total. The number of hydrogen-bond donors (Lipinski definition) is 0. The topological polar surface area (TPSA) is 25.8 Å². The summed E-state index contributed by atoms with van der Waals surface area (Å²) in [5.74, 6) is 3.27. The Morgan fingerprint density at radius 2 is 1.61 bits per heavy atom. The first-order valence-corrected chi connectivity index (χ1v) is 7.83. The van der Waals surface area contributed by atoms with Crippen LogP contribution in [-0.4, -0.2) is 15.7 Å². The minimum absolute atomic E-state index is 0.0274. The van der Waals surface area contributed by atoms with Gasteiger partial charge in [0, 0.05) is 27.8 Å². The zero-order valence-electron chi connectivity index (χ0n) is 12.4. The van der Waals surface area contributed by atoms with Crippen molar-refractivity contribution in [2.75, 3.05) is 5.75 Å². The van der Waals surface area contributed by atoms with Crippen LogP contribution in [0.25, 0.3) is 0 Å². The molecule has 2 nitrogen and oxygen atoms in total. The molecular formula is C15H24N2S. The van der Waals surface area contributed by atoms with Gasteiger partial charge in [0.15, 0.2) is 0 Å². The predicted octanol–water partition coefficient (Wildman–Crippen LogP) is 3.86. The number of fused-ring (bicyclic) bond motifs is 1. The van der Waals surface area contributed by atoms with E-state index in [0.29, 0.717) is 0 Å². The first-order valence-electron chi connectivity index (χ1n) is 6.68. The van der Waals surface area contributed by atoms with Gasteiger partial charge in [0.05, 0.1) is 5.69 Å². The van der Waals surface area contributed by atoms with Gasteiger partial charge in [0.1, 0.15) is 5.82 Å². The minimum atomic E-state index is 0.0274. The van der Waals surface area contributed by atoms with Crippen molar-refractivity contribution in [1.82, 2.24) is 9.97 Å². The van der Waals surface area contributed by atoms with Crippen LogP contribution in [0.2, 0.25) is 0 Å². The molecule has 0 aromatic carbocycles. The Labute approximate surface area is 115 Å². The Hall–Kier alpha value is -0.570. The van der Waals surface area contributed by atoms with E-state index in [2.05, 4.69) is 41.5 Å². The molecule has 0 saturated carbocycles. The molecular weight excluding hydrogens is 240 g/mol. The highest BCUT2D eigenvalue weighted by Gasteiger charge is 2.28. The van der Waals surface area contributed by atoms with Crippen LogP contribution in [0, 0.1) is 0 Å². The minimum Gasteiger partial charge on any atom is -0.237 e. The second-order valence-corrected chi connectivity index (χ2v) is 8.23. The van der Waals surface area contributed by atoms with E-state index in [9.17, 15) is 0 Å². The highest BCUT2D eigenvalue weighted by molar-refractivity contribution is 7.98. The van der Waals surface area contributed by atoms with Crippen LogP contribution in [0.1, 0.15) is 64.3 Å². The van der Waals surface area contributed by atoms with Gasteiger partial charge in [0.2, 0.25) is 0 Å². The maximum absolute atomic E-state index is 4.90. The molecule has 0 saturated heterocycles. The molecule has 0 atom stereocenters. The third-order valence-electron chi connectivity index (χ3n) is 3.20. The van der Waals surface area contributed by atoms with E-state index in [1.165, 1.54) is 22.7 Å². The predicted molar refractivity (Wildman–Crippen MR) is 79.3 cm³/mol. The van der Waals surface area contributed by atoms with E-state index in [1.54, 1.807) is 0 Å². The number of hydrogen-bond acceptors (Lipinski definition) is 3. The van der Waals surface area contributed by atoms with E-state index in [1.807, 2.05) is 11.8 Å². The SMILES string of the molecule is CC(C)(C)c1nc2c(c(C(C)(C)C)n1)CSCC2. The molecule has 1 aromatic heterocycles. The summed E-state index contributed by atoms with van der Waals surface area (Å²) >= 11 is 2.00. The second kappa shape index (κ2) is 4.52. The summed E-state index contributed by atoms with van der Waals surface area (Å²) in [7, 11) is 0. The summed E-state index contributed by atoms with van der Waals surface area (Å²) in [4.78, 5) is 9.74. The molecule has 1 aromatic rings. The Morgan fingerprint density at radius 3 is 2.17 bits per heavy atom. The number of nitrogens with zero attached hydrogens (tertiary/aromatic N) is 2. The summed E-state index contributed by atoms with van der Waals surface area (Å²) in [5.41, 5.74) is 4.07. The van der Waals surface area contributed by atoms with Crippen LogP contribution in [0.15, 0.2) is 0 Å². The molecule has 100 valence electrons. The van der Waals surface area contributed by atoms with Gasteiger partial charge in [0.25, 0.3) is 0 Å². The fourth-order valence-electron chi connectivity index (χ4n) is 2.19. The normalized spacial score (nSPS) is 16.6. The third kappa shape index (κ3) is 2.71. The van der Waals surface area contributed by atoms with Gasteiger partial charge < -0.3 is 0 Å². The number of aromatic nitrogens is 2. The fourth-order valence-corrected chi connectivity index (χ4v) is 3.18. The molecule has 0 amide bonds. The average molecular weight is 264 g/mol.